The molecule has 104 valence electrons. The topological polar surface area (TPSA) is 20.2 Å². The van der Waals surface area contributed by atoms with E-state index >= 15 is 0 Å². The Balaban J connectivity index is 1.65. The molecule has 1 aliphatic rings. The minimum Gasteiger partial charge on any atom is -0.392 e. The molecule has 3 unspecified atom stereocenters. The standard InChI is InChI=1S/C17H16Cl2O/c18-13-7-6-12(16(19)9-13)8-17(20)15-10-14(15)11-4-2-1-3-5-11/h1-7,9,14-15,17,20H,8,10H2. The Bertz CT molecular complexity index is 597. The van der Waals surface area contributed by atoms with Gasteiger partial charge in [0.05, 0.1) is 6.10 Å². The zero-order chi connectivity index (χ0) is 14.1. The van der Waals surface area contributed by atoms with Crippen LogP contribution in [0.4, 0.5) is 0 Å². The third kappa shape index (κ3) is 3.01. The van der Waals surface area contributed by atoms with Crippen molar-refractivity contribution < 1.29 is 5.11 Å². The Hall–Kier alpha value is -1.02. The lowest BCUT2D eigenvalue weighted by Gasteiger charge is -2.12. The van der Waals surface area contributed by atoms with E-state index in [-0.39, 0.29) is 6.10 Å². The van der Waals surface area contributed by atoms with Crippen molar-refractivity contribution in [1.29, 1.82) is 0 Å². The summed E-state index contributed by atoms with van der Waals surface area (Å²) < 4.78 is 0. The zero-order valence-corrected chi connectivity index (χ0v) is 12.5. The molecular weight excluding hydrogens is 291 g/mol. The van der Waals surface area contributed by atoms with Gasteiger partial charge in [-0.15, -0.1) is 0 Å². The first-order chi connectivity index (χ1) is 9.65. The van der Waals surface area contributed by atoms with Crippen LogP contribution in [-0.4, -0.2) is 11.2 Å². The Morgan fingerprint density at radius 1 is 1.10 bits per heavy atom. The molecule has 0 aromatic heterocycles. The zero-order valence-electron chi connectivity index (χ0n) is 11.0. The van der Waals surface area contributed by atoms with Crippen molar-refractivity contribution in [2.24, 2.45) is 5.92 Å². The van der Waals surface area contributed by atoms with Crippen LogP contribution in [0.15, 0.2) is 48.5 Å². The Labute approximate surface area is 129 Å². The molecule has 1 N–H and O–H groups in total. The normalized spacial score (nSPS) is 22.6. The molecule has 1 nitrogen and oxygen atoms in total. The largest absolute Gasteiger partial charge is 0.392 e. The van der Waals surface area contributed by atoms with E-state index in [4.69, 9.17) is 23.2 Å². The minimum absolute atomic E-state index is 0.337. The van der Waals surface area contributed by atoms with Gasteiger partial charge in [0.15, 0.2) is 0 Å². The summed E-state index contributed by atoms with van der Waals surface area (Å²) in [6.45, 7) is 0. The fraction of sp³-hybridized carbons (Fsp3) is 0.294. The van der Waals surface area contributed by atoms with Crippen LogP contribution in [0.2, 0.25) is 10.0 Å². The minimum atomic E-state index is -0.348. The molecule has 0 saturated heterocycles. The smallest absolute Gasteiger partial charge is 0.0615 e. The molecule has 3 heteroatoms. The highest BCUT2D eigenvalue weighted by Gasteiger charge is 2.43. The molecule has 3 atom stereocenters. The van der Waals surface area contributed by atoms with Gasteiger partial charge >= 0.3 is 0 Å². The van der Waals surface area contributed by atoms with E-state index in [0.717, 1.165) is 12.0 Å². The quantitative estimate of drug-likeness (QED) is 0.868. The molecule has 0 radical (unpaired) electrons. The van der Waals surface area contributed by atoms with Gasteiger partial charge < -0.3 is 5.11 Å². The summed E-state index contributed by atoms with van der Waals surface area (Å²) in [4.78, 5) is 0. The fourth-order valence-corrected chi connectivity index (χ4v) is 3.27. The van der Waals surface area contributed by atoms with Crippen molar-refractivity contribution in [3.8, 4) is 0 Å². The highest BCUT2D eigenvalue weighted by Crippen LogP contribution is 2.50. The molecule has 2 aromatic rings. The van der Waals surface area contributed by atoms with Gasteiger partial charge in [0.25, 0.3) is 0 Å². The predicted octanol–water partition coefficient (Wildman–Crippen LogP) is 4.70. The van der Waals surface area contributed by atoms with Gasteiger partial charge in [0.2, 0.25) is 0 Å². The maximum Gasteiger partial charge on any atom is 0.0615 e. The number of aliphatic hydroxyl groups is 1. The van der Waals surface area contributed by atoms with E-state index in [1.54, 1.807) is 6.07 Å². The van der Waals surface area contributed by atoms with Crippen molar-refractivity contribution in [2.45, 2.75) is 24.9 Å². The SMILES string of the molecule is OC(Cc1ccc(Cl)cc1Cl)C1CC1c1ccccc1. The molecule has 20 heavy (non-hydrogen) atoms. The summed E-state index contributed by atoms with van der Waals surface area (Å²) in [6, 6.07) is 15.8. The monoisotopic (exact) mass is 306 g/mol. The molecule has 0 spiro atoms. The van der Waals surface area contributed by atoms with E-state index in [2.05, 4.69) is 12.1 Å². The van der Waals surface area contributed by atoms with Crippen molar-refractivity contribution in [1.82, 2.24) is 0 Å². The molecule has 0 amide bonds. The van der Waals surface area contributed by atoms with E-state index in [1.165, 1.54) is 5.56 Å². The van der Waals surface area contributed by atoms with Gasteiger partial charge in [0.1, 0.15) is 0 Å². The van der Waals surface area contributed by atoms with Crippen LogP contribution in [0.5, 0.6) is 0 Å². The lowest BCUT2D eigenvalue weighted by Crippen LogP contribution is -2.14. The molecule has 1 aliphatic carbocycles. The van der Waals surface area contributed by atoms with Crippen molar-refractivity contribution in [2.75, 3.05) is 0 Å². The lowest BCUT2D eigenvalue weighted by atomic mass is 10.0. The fourth-order valence-electron chi connectivity index (χ4n) is 2.79. The Morgan fingerprint density at radius 3 is 2.55 bits per heavy atom. The Morgan fingerprint density at radius 2 is 1.85 bits per heavy atom. The molecule has 0 bridgehead atoms. The maximum atomic E-state index is 10.4. The lowest BCUT2D eigenvalue weighted by molar-refractivity contribution is 0.149. The highest BCUT2D eigenvalue weighted by molar-refractivity contribution is 6.35. The van der Waals surface area contributed by atoms with Crippen LogP contribution < -0.4 is 0 Å². The van der Waals surface area contributed by atoms with Crippen LogP contribution in [0, 0.1) is 5.92 Å². The van der Waals surface area contributed by atoms with Gasteiger partial charge in [-0.25, -0.2) is 0 Å². The van der Waals surface area contributed by atoms with Gasteiger partial charge in [-0.2, -0.15) is 0 Å². The Kier molecular flexibility index (Phi) is 4.02. The third-order valence-electron chi connectivity index (χ3n) is 4.01. The molecule has 1 fully saturated rings. The van der Waals surface area contributed by atoms with E-state index in [1.807, 2.05) is 30.3 Å². The summed E-state index contributed by atoms with van der Waals surface area (Å²) >= 11 is 12.0. The molecular formula is C17H16Cl2O. The second kappa shape index (κ2) is 5.77. The van der Waals surface area contributed by atoms with E-state index in [9.17, 15) is 5.11 Å². The summed E-state index contributed by atoms with van der Waals surface area (Å²) in [5.41, 5.74) is 2.28. The second-order valence-corrected chi connectivity index (χ2v) is 6.27. The molecule has 3 rings (SSSR count). The summed E-state index contributed by atoms with van der Waals surface area (Å²) in [7, 11) is 0. The molecule has 0 heterocycles. The summed E-state index contributed by atoms with van der Waals surface area (Å²) in [5.74, 6) is 0.821. The third-order valence-corrected chi connectivity index (χ3v) is 4.59. The van der Waals surface area contributed by atoms with E-state index < -0.39 is 0 Å². The van der Waals surface area contributed by atoms with Gasteiger partial charge in [0, 0.05) is 16.5 Å². The van der Waals surface area contributed by atoms with Gasteiger partial charge in [-0.1, -0.05) is 59.6 Å². The van der Waals surface area contributed by atoms with E-state index in [0.29, 0.717) is 28.3 Å². The number of benzene rings is 2. The first-order valence-electron chi connectivity index (χ1n) is 6.82. The average Bonchev–Trinajstić information content (AvgIpc) is 3.23. The average molecular weight is 307 g/mol. The number of halogens is 2. The molecule has 2 aromatic carbocycles. The van der Waals surface area contributed by atoms with Gasteiger partial charge in [-0.05, 0) is 41.5 Å². The highest BCUT2D eigenvalue weighted by atomic mass is 35.5. The number of hydrogen-bond donors (Lipinski definition) is 1. The first-order valence-corrected chi connectivity index (χ1v) is 7.57. The van der Waals surface area contributed by atoms with Crippen molar-refractivity contribution in [3.63, 3.8) is 0 Å². The van der Waals surface area contributed by atoms with Crippen LogP contribution in [0.1, 0.15) is 23.5 Å². The molecule has 0 aliphatic heterocycles. The second-order valence-electron chi connectivity index (χ2n) is 5.42. The molecule has 1 saturated carbocycles. The first kappa shape index (κ1) is 13.9. The number of hydrogen-bond acceptors (Lipinski definition) is 1. The van der Waals surface area contributed by atoms with Crippen LogP contribution >= 0.6 is 23.2 Å². The number of aliphatic hydroxyl groups excluding tert-OH is 1. The number of rotatable bonds is 4. The van der Waals surface area contributed by atoms with Crippen LogP contribution in [0.3, 0.4) is 0 Å². The van der Waals surface area contributed by atoms with Crippen LogP contribution in [0.25, 0.3) is 0 Å². The van der Waals surface area contributed by atoms with Crippen molar-refractivity contribution in [3.05, 3.63) is 69.7 Å². The maximum absolute atomic E-state index is 10.4. The van der Waals surface area contributed by atoms with Crippen molar-refractivity contribution >= 4 is 23.2 Å². The summed E-state index contributed by atoms with van der Waals surface area (Å²) in [6.07, 6.45) is 1.29. The van der Waals surface area contributed by atoms with Gasteiger partial charge in [-0.3, -0.25) is 0 Å². The predicted molar refractivity (Wildman–Crippen MR) is 83.5 cm³/mol. The summed E-state index contributed by atoms with van der Waals surface area (Å²) in [5, 5.41) is 11.6. The van der Waals surface area contributed by atoms with Crippen LogP contribution in [-0.2, 0) is 6.42 Å².